The Bertz CT molecular complexity index is 4350. The number of hydrogen-bond donors (Lipinski definition) is 2. The average molecular weight is 1430 g/mol. The molecule has 2 aromatic heterocycles. The summed E-state index contributed by atoms with van der Waals surface area (Å²) in [5.74, 6) is 0.403. The first-order valence-electron chi connectivity index (χ1n) is 37.2. The number of phenolic OH excluding ortho intramolecular Hbond substituents is 2. The van der Waals surface area contributed by atoms with Crippen LogP contribution in [0.2, 0.25) is 20.0 Å². The molecule has 0 saturated carbocycles. The monoisotopic (exact) mass is 1430 g/mol. The third kappa shape index (κ3) is 15.5. The van der Waals surface area contributed by atoms with Gasteiger partial charge in [0.25, 0.3) is 0 Å². The number of nitrogens with zero attached hydrogens (tertiary/aromatic N) is 2. The molecule has 6 nitrogen and oxygen atoms in total. The summed E-state index contributed by atoms with van der Waals surface area (Å²) in [5, 5.41) is 32.8. The molecule has 0 bridgehead atoms. The van der Waals surface area contributed by atoms with Crippen LogP contribution >= 0.6 is 0 Å². The fourth-order valence-corrected chi connectivity index (χ4v) is 27.1. The molecule has 540 valence electrons. The van der Waals surface area contributed by atoms with Crippen LogP contribution in [-0.4, -0.2) is 45.8 Å². The van der Waals surface area contributed by atoms with Crippen molar-refractivity contribution in [2.24, 2.45) is 10.8 Å². The normalized spacial score (nSPS) is 13.5. The van der Waals surface area contributed by atoms with Crippen molar-refractivity contribution in [2.75, 3.05) is 13.2 Å². The Morgan fingerprint density at radius 1 is 0.366 bits per heavy atom. The number of aryl methyl sites for hydroxylation is 2. The third-order valence-corrected chi connectivity index (χ3v) is 36.6. The molecule has 0 amide bonds. The summed E-state index contributed by atoms with van der Waals surface area (Å²) in [5.41, 5.74) is 14.0. The number of hydrogen-bond acceptors (Lipinski definition) is 4. The standard InChI is InChI=1S/C92H120F2GeN2O4/c1-55(2)95(56(3)4,37-39-100-83-57(5)41-65(93)51-73(83)71-43-63(91(25,26)53-85(7,8)9)49-79(81(71)98)96-75-45-59(87(13,14)15)29-33-67(75)68-34-30-60(46-76(68)96)88(16,17)18)38-40-101-84-58(6)42-66(94)52-74(84)72-44-64(92(27,28)54-86(10,11)12)50-80(82(72)99)97-77-47-61(89(19,20)21)31-35-69(77)70-36-32-62(48-78(70)97)90(22,23)24/h29-36,41-52,55-56,98-99H,37-40,53-54H2,1-28H3. The molecule has 2 N–H and O–H groups in total. The number of benzene rings is 8. The van der Waals surface area contributed by atoms with Gasteiger partial charge in [-0.2, -0.15) is 0 Å². The first kappa shape index (κ1) is 76.6. The Kier molecular flexibility index (Phi) is 20.4. The van der Waals surface area contributed by atoms with Crippen LogP contribution in [0.4, 0.5) is 8.78 Å². The zero-order valence-corrected chi connectivity index (χ0v) is 68.9. The van der Waals surface area contributed by atoms with Crippen LogP contribution in [0.5, 0.6) is 23.0 Å². The summed E-state index contributed by atoms with van der Waals surface area (Å²) in [6, 6.07) is 41.8. The molecule has 10 rings (SSSR count). The summed E-state index contributed by atoms with van der Waals surface area (Å²) in [6.45, 7) is 63.6. The molecule has 0 saturated heterocycles. The summed E-state index contributed by atoms with van der Waals surface area (Å²) in [7, 11) is 0. The van der Waals surface area contributed by atoms with Crippen LogP contribution in [-0.2, 0) is 32.5 Å². The van der Waals surface area contributed by atoms with Crippen LogP contribution in [0, 0.1) is 36.3 Å². The summed E-state index contributed by atoms with van der Waals surface area (Å²) >= 11 is -3.14. The van der Waals surface area contributed by atoms with Gasteiger partial charge in [0.15, 0.2) is 0 Å². The predicted octanol–water partition coefficient (Wildman–Crippen LogP) is 26.9. The van der Waals surface area contributed by atoms with Crippen LogP contribution in [0.15, 0.2) is 121 Å². The van der Waals surface area contributed by atoms with E-state index in [2.05, 4.69) is 286 Å². The van der Waals surface area contributed by atoms with E-state index in [1.807, 2.05) is 13.8 Å². The maximum atomic E-state index is 16.5. The van der Waals surface area contributed by atoms with E-state index < -0.39 is 24.9 Å². The van der Waals surface area contributed by atoms with Gasteiger partial charge < -0.3 is 0 Å². The molecule has 0 unspecified atom stereocenters. The summed E-state index contributed by atoms with van der Waals surface area (Å²) in [4.78, 5) is 0. The van der Waals surface area contributed by atoms with E-state index in [9.17, 15) is 10.2 Å². The molecule has 0 aliphatic heterocycles. The molecule has 10 aromatic rings. The Morgan fingerprint density at radius 3 is 0.891 bits per heavy atom. The van der Waals surface area contributed by atoms with E-state index in [1.54, 1.807) is 24.3 Å². The maximum absolute atomic E-state index is 16.5. The van der Waals surface area contributed by atoms with Gasteiger partial charge in [0.05, 0.1) is 0 Å². The van der Waals surface area contributed by atoms with Crippen LogP contribution in [0.3, 0.4) is 0 Å². The van der Waals surface area contributed by atoms with E-state index in [1.165, 1.54) is 22.3 Å². The Balaban J connectivity index is 1.07. The fourth-order valence-electron chi connectivity index (χ4n) is 16.9. The molecule has 0 radical (unpaired) electrons. The van der Waals surface area contributed by atoms with Crippen molar-refractivity contribution in [1.29, 1.82) is 0 Å². The second-order valence-corrected chi connectivity index (χ2v) is 50.7. The Labute approximate surface area is 608 Å². The first-order valence-corrected chi connectivity index (χ1v) is 42.6. The Morgan fingerprint density at radius 2 is 0.644 bits per heavy atom. The quantitative estimate of drug-likeness (QED) is 0.0840. The van der Waals surface area contributed by atoms with Gasteiger partial charge in [0.2, 0.25) is 0 Å². The molecule has 0 aliphatic carbocycles. The SMILES string of the molecule is Cc1cc(F)cc(-c2cc(C(C)(C)CC(C)(C)C)cc(-n3c4cc(C(C)(C)C)ccc4c4ccc(C(C)(C)C)cc43)c2O)c1OC[CH2][Ge]([CH2]COc1c(C)cc(F)cc1-c1cc(C(C)(C)CC(C)(C)C)cc(-n2c3cc(C(C)(C)C)ccc3c3ccc(C(C)(C)C)cc32)c1O)([CH](C)C)[CH](C)C. The number of aromatic hydroxyl groups is 2. The van der Waals surface area contributed by atoms with Gasteiger partial charge in [0.1, 0.15) is 0 Å². The van der Waals surface area contributed by atoms with Gasteiger partial charge in [-0.15, -0.1) is 0 Å². The average Bonchev–Trinajstić information content (AvgIpc) is 1.51. The molecule has 0 fully saturated rings. The van der Waals surface area contributed by atoms with Crippen molar-refractivity contribution < 1.29 is 28.5 Å². The minimum atomic E-state index is -3.14. The first-order chi connectivity index (χ1) is 46.4. The summed E-state index contributed by atoms with van der Waals surface area (Å²) < 4.78 is 52.7. The van der Waals surface area contributed by atoms with Crippen LogP contribution in [0.25, 0.3) is 77.2 Å². The van der Waals surface area contributed by atoms with E-state index in [0.717, 1.165) is 78.1 Å². The second kappa shape index (κ2) is 26.9. The van der Waals surface area contributed by atoms with Crippen molar-refractivity contribution >= 4 is 56.9 Å². The zero-order chi connectivity index (χ0) is 74.8. The van der Waals surface area contributed by atoms with Crippen molar-refractivity contribution in [3.8, 4) is 56.6 Å². The minimum absolute atomic E-state index is 0.0386. The number of halogens is 2. The van der Waals surface area contributed by atoms with Gasteiger partial charge in [-0.05, 0) is 21.7 Å². The molecule has 2 heterocycles. The topological polar surface area (TPSA) is 68.8 Å². The molecule has 101 heavy (non-hydrogen) atoms. The number of ether oxygens (including phenoxy) is 2. The van der Waals surface area contributed by atoms with E-state index in [4.69, 9.17) is 9.47 Å². The van der Waals surface area contributed by atoms with Crippen molar-refractivity contribution in [1.82, 2.24) is 9.13 Å². The fraction of sp³-hybridized carbons (Fsp3) is 0.478. The van der Waals surface area contributed by atoms with Gasteiger partial charge in [-0.1, -0.05) is 107 Å². The molecule has 0 atom stereocenters. The molecule has 8 aromatic carbocycles. The molecular formula is C92H120F2GeN2O4. The predicted molar refractivity (Wildman–Crippen MR) is 431 cm³/mol. The number of fused-ring (bicyclic) bond motifs is 6. The van der Waals surface area contributed by atoms with Crippen molar-refractivity contribution in [2.45, 2.75) is 259 Å². The number of aromatic nitrogens is 2. The van der Waals surface area contributed by atoms with E-state index in [0.29, 0.717) is 79.0 Å². The van der Waals surface area contributed by atoms with Crippen molar-refractivity contribution in [3.05, 3.63) is 177 Å². The van der Waals surface area contributed by atoms with Gasteiger partial charge in [-0.25, -0.2) is 0 Å². The van der Waals surface area contributed by atoms with Gasteiger partial charge in [0, 0.05) is 0 Å². The molecule has 0 spiro atoms. The van der Waals surface area contributed by atoms with Crippen molar-refractivity contribution in [3.63, 3.8) is 0 Å². The van der Waals surface area contributed by atoms with E-state index >= 15 is 8.78 Å². The molecule has 9 heteroatoms. The second-order valence-electron chi connectivity index (χ2n) is 38.6. The Hall–Kier alpha value is -7.04. The van der Waals surface area contributed by atoms with Gasteiger partial charge >= 0.3 is 483 Å². The molecule has 0 aliphatic rings. The number of rotatable bonds is 18. The van der Waals surface area contributed by atoms with Crippen LogP contribution < -0.4 is 9.47 Å². The van der Waals surface area contributed by atoms with E-state index in [-0.39, 0.29) is 54.8 Å². The van der Waals surface area contributed by atoms with Crippen LogP contribution in [0.1, 0.15) is 237 Å². The summed E-state index contributed by atoms with van der Waals surface area (Å²) in [6.07, 6.45) is 1.70. The zero-order valence-electron chi connectivity index (χ0n) is 66.8. The van der Waals surface area contributed by atoms with Gasteiger partial charge in [-0.3, -0.25) is 0 Å². The number of phenols is 2. The third-order valence-electron chi connectivity index (χ3n) is 22.2. The molecular weight excluding hydrogens is 1310 g/mol.